The second-order valence-corrected chi connectivity index (χ2v) is 12.4. The van der Waals surface area contributed by atoms with Crippen molar-refractivity contribution in [3.63, 3.8) is 0 Å². The molecule has 0 rings (SSSR count). The molecule has 0 bridgehead atoms. The fraction of sp³-hybridized carbons (Fsp3) is 0.971. The van der Waals surface area contributed by atoms with Gasteiger partial charge in [-0.2, -0.15) is 0 Å². The van der Waals surface area contributed by atoms with E-state index >= 15 is 0 Å². The molecule has 0 saturated heterocycles. The maximum Gasteiger partial charge on any atom is 0.309 e. The van der Waals surface area contributed by atoms with Crippen molar-refractivity contribution in [1.29, 1.82) is 0 Å². The van der Waals surface area contributed by atoms with Crippen molar-refractivity contribution in [2.75, 3.05) is 0 Å². The van der Waals surface area contributed by atoms with Crippen molar-refractivity contribution in [3.8, 4) is 0 Å². The molecule has 0 amide bonds. The number of nitrogens with two attached hydrogens (primary N) is 1. The van der Waals surface area contributed by atoms with Crippen molar-refractivity contribution in [1.82, 2.24) is 0 Å². The van der Waals surface area contributed by atoms with E-state index in [0.717, 1.165) is 38.5 Å². The molecule has 240 valence electrons. The molecule has 6 N–H and O–H groups in total. The first-order chi connectivity index (χ1) is 19.4. The van der Waals surface area contributed by atoms with Gasteiger partial charge in [-0.15, -0.1) is 0 Å². The first-order valence-electron chi connectivity index (χ1n) is 17.4. The maximum atomic E-state index is 11.8. The first-order valence-corrected chi connectivity index (χ1v) is 17.4. The molecule has 0 aliphatic heterocycles. The van der Waals surface area contributed by atoms with Crippen LogP contribution in [0.5, 0.6) is 0 Å². The monoisotopic (exact) mass is 572 g/mol. The van der Waals surface area contributed by atoms with Gasteiger partial charge in [-0.3, -0.25) is 4.79 Å². The minimum Gasteiger partial charge on any atom is -0.481 e. The average molecular weight is 572 g/mol. The highest BCUT2D eigenvalue weighted by Crippen LogP contribution is 2.21. The third kappa shape index (κ3) is 22.0. The predicted molar refractivity (Wildman–Crippen MR) is 169 cm³/mol. The highest BCUT2D eigenvalue weighted by molar-refractivity contribution is 5.70. The normalized spacial score (nSPS) is 15.6. The van der Waals surface area contributed by atoms with Crippen LogP contribution >= 0.6 is 0 Å². The van der Waals surface area contributed by atoms with E-state index in [4.69, 9.17) is 5.73 Å². The number of carboxylic acids is 1. The molecular formula is C34H69NO5. The zero-order valence-corrected chi connectivity index (χ0v) is 26.5. The molecule has 0 aromatic rings. The predicted octanol–water partition coefficient (Wildman–Crippen LogP) is 8.28. The first kappa shape index (κ1) is 39.3. The lowest BCUT2D eigenvalue weighted by Gasteiger charge is -2.30. The molecule has 0 fully saturated rings. The number of hydrogen-bond acceptors (Lipinski definition) is 5. The van der Waals surface area contributed by atoms with Crippen LogP contribution in [0.3, 0.4) is 0 Å². The van der Waals surface area contributed by atoms with E-state index in [2.05, 4.69) is 13.8 Å². The van der Waals surface area contributed by atoms with Gasteiger partial charge in [0.1, 0.15) is 0 Å². The minimum atomic E-state index is -1.38. The Bertz CT molecular complexity index is 546. The number of aliphatic hydroxyl groups excluding tert-OH is 3. The number of carboxylic acid groups (broad SMARTS) is 1. The molecule has 6 nitrogen and oxygen atoms in total. The molecule has 5 atom stereocenters. The van der Waals surface area contributed by atoms with Gasteiger partial charge < -0.3 is 26.2 Å². The summed E-state index contributed by atoms with van der Waals surface area (Å²) in [7, 11) is 0. The summed E-state index contributed by atoms with van der Waals surface area (Å²) in [5, 5.41) is 41.2. The summed E-state index contributed by atoms with van der Waals surface area (Å²) in [4.78, 5) is 11.8. The fourth-order valence-electron chi connectivity index (χ4n) is 5.74. The molecule has 0 heterocycles. The number of rotatable bonds is 31. The van der Waals surface area contributed by atoms with Crippen LogP contribution in [0.4, 0.5) is 0 Å². The number of hydrogen-bond donors (Lipinski definition) is 5. The van der Waals surface area contributed by atoms with Crippen molar-refractivity contribution in [2.45, 2.75) is 205 Å². The van der Waals surface area contributed by atoms with Crippen LogP contribution in [0, 0.1) is 5.92 Å². The summed E-state index contributed by atoms with van der Waals surface area (Å²) in [5.74, 6) is -2.11. The molecular weight excluding hydrogens is 502 g/mol. The van der Waals surface area contributed by atoms with Crippen LogP contribution < -0.4 is 5.73 Å². The van der Waals surface area contributed by atoms with Crippen molar-refractivity contribution < 1.29 is 25.2 Å². The average Bonchev–Trinajstić information content (AvgIpc) is 2.94. The lowest BCUT2D eigenvalue weighted by atomic mass is 9.86. The molecule has 0 aliphatic rings. The molecule has 6 heteroatoms. The van der Waals surface area contributed by atoms with Crippen LogP contribution in [0.1, 0.15) is 181 Å². The van der Waals surface area contributed by atoms with Gasteiger partial charge in [0, 0.05) is 0 Å². The zero-order chi connectivity index (χ0) is 29.8. The summed E-state index contributed by atoms with van der Waals surface area (Å²) in [6, 6.07) is -1.18. The number of unbranched alkanes of at least 4 members (excludes halogenated alkanes) is 22. The Labute approximate surface area is 247 Å². The summed E-state index contributed by atoms with van der Waals surface area (Å²) in [6.07, 6.45) is 26.1. The Morgan fingerprint density at radius 1 is 0.500 bits per heavy atom. The van der Waals surface area contributed by atoms with E-state index in [1.165, 1.54) is 116 Å². The minimum absolute atomic E-state index is 0.336. The van der Waals surface area contributed by atoms with Crippen LogP contribution in [-0.2, 0) is 4.79 Å². The third-order valence-corrected chi connectivity index (χ3v) is 8.63. The molecule has 2 unspecified atom stereocenters. The molecule has 0 aromatic heterocycles. The van der Waals surface area contributed by atoms with Crippen LogP contribution in [-0.4, -0.2) is 50.7 Å². The Morgan fingerprint density at radius 2 is 0.800 bits per heavy atom. The third-order valence-electron chi connectivity index (χ3n) is 8.63. The van der Waals surface area contributed by atoms with Crippen LogP contribution in [0.2, 0.25) is 0 Å². The molecule has 0 radical (unpaired) electrons. The largest absolute Gasteiger partial charge is 0.481 e. The highest BCUT2D eigenvalue weighted by atomic mass is 16.4. The van der Waals surface area contributed by atoms with Gasteiger partial charge in [0.25, 0.3) is 0 Å². The molecule has 0 spiro atoms. The summed E-state index contributed by atoms with van der Waals surface area (Å²) >= 11 is 0. The Balaban J connectivity index is 3.99. The van der Waals surface area contributed by atoms with Gasteiger partial charge >= 0.3 is 5.97 Å². The second kappa shape index (κ2) is 28.4. The lowest BCUT2D eigenvalue weighted by molar-refractivity contribution is -0.148. The van der Waals surface area contributed by atoms with Gasteiger partial charge in [-0.25, -0.2) is 0 Å². The SMILES string of the molecule is CCCCCCCCCCCCCCC(C(=O)O)C(O)[C@H](N)[C@H](O)[C@H](O)CCCCCCCCCCCCCC. The van der Waals surface area contributed by atoms with Crippen molar-refractivity contribution in [3.05, 3.63) is 0 Å². The summed E-state index contributed by atoms with van der Waals surface area (Å²) < 4.78 is 0. The smallest absolute Gasteiger partial charge is 0.309 e. The quantitative estimate of drug-likeness (QED) is 0.0533. The second-order valence-electron chi connectivity index (χ2n) is 12.4. The maximum absolute atomic E-state index is 11.8. The van der Waals surface area contributed by atoms with Crippen molar-refractivity contribution >= 4 is 5.97 Å². The summed E-state index contributed by atoms with van der Waals surface area (Å²) in [5.41, 5.74) is 6.05. The number of carbonyl (C=O) groups is 1. The van der Waals surface area contributed by atoms with E-state index in [1.54, 1.807) is 0 Å². The lowest BCUT2D eigenvalue weighted by Crippen LogP contribution is -2.53. The van der Waals surface area contributed by atoms with E-state index in [0.29, 0.717) is 12.8 Å². The molecule has 0 aliphatic carbocycles. The van der Waals surface area contributed by atoms with E-state index in [-0.39, 0.29) is 0 Å². The van der Waals surface area contributed by atoms with E-state index < -0.39 is 36.2 Å². The number of aliphatic hydroxyl groups is 3. The van der Waals surface area contributed by atoms with Crippen LogP contribution in [0.25, 0.3) is 0 Å². The Kier molecular flexibility index (Phi) is 27.9. The molecule has 40 heavy (non-hydrogen) atoms. The van der Waals surface area contributed by atoms with Crippen LogP contribution in [0.15, 0.2) is 0 Å². The zero-order valence-electron chi connectivity index (χ0n) is 26.5. The Morgan fingerprint density at radius 3 is 1.12 bits per heavy atom. The topological polar surface area (TPSA) is 124 Å². The van der Waals surface area contributed by atoms with E-state index in [9.17, 15) is 25.2 Å². The van der Waals surface area contributed by atoms with Crippen molar-refractivity contribution in [2.24, 2.45) is 11.7 Å². The number of aliphatic carboxylic acids is 1. The summed E-state index contributed by atoms with van der Waals surface area (Å²) in [6.45, 7) is 4.48. The van der Waals surface area contributed by atoms with Gasteiger partial charge in [-0.1, -0.05) is 168 Å². The standard InChI is InChI=1S/C34H69NO5/c1-3-5-7-9-11-13-15-17-19-21-23-25-27-29(34(39)40)32(37)31(35)33(38)30(36)28-26-24-22-20-18-16-14-12-10-8-6-4-2/h29-33,36-38H,3-28,35H2,1-2H3,(H,39,40)/t29?,30-,31+,32?,33-/m1/s1. The highest BCUT2D eigenvalue weighted by Gasteiger charge is 2.36. The molecule has 0 saturated carbocycles. The Hall–Kier alpha value is -0.690. The van der Waals surface area contributed by atoms with E-state index in [1.807, 2.05) is 0 Å². The molecule has 0 aromatic carbocycles. The van der Waals surface area contributed by atoms with Gasteiger partial charge in [0.05, 0.1) is 30.3 Å². The van der Waals surface area contributed by atoms with Gasteiger partial charge in [0.15, 0.2) is 0 Å². The van der Waals surface area contributed by atoms with Gasteiger partial charge in [-0.05, 0) is 12.8 Å². The fourth-order valence-corrected chi connectivity index (χ4v) is 5.74. The van der Waals surface area contributed by atoms with Gasteiger partial charge in [0.2, 0.25) is 0 Å².